The van der Waals surface area contributed by atoms with Gasteiger partial charge in [-0.2, -0.15) is 0 Å². The maximum absolute atomic E-state index is 12.7. The summed E-state index contributed by atoms with van der Waals surface area (Å²) in [7, 11) is -1.57. The van der Waals surface area contributed by atoms with E-state index >= 15 is 0 Å². The largest absolute Gasteiger partial charge is 0.299 e. The first-order valence-electron chi connectivity index (χ1n) is 8.36. The van der Waals surface area contributed by atoms with Crippen molar-refractivity contribution in [2.45, 2.75) is 31.7 Å². The molecule has 0 saturated carbocycles. The van der Waals surface area contributed by atoms with Crippen molar-refractivity contribution >= 4 is 15.5 Å². The molecule has 0 fully saturated rings. The summed E-state index contributed by atoms with van der Waals surface area (Å²) in [5.41, 5.74) is 2.47. The summed E-state index contributed by atoms with van der Waals surface area (Å²) in [5, 5.41) is 10.9. The quantitative estimate of drug-likeness (QED) is 0.544. The number of rotatable bonds is 7. The highest BCUT2D eigenvalue weighted by molar-refractivity contribution is 7.91. The van der Waals surface area contributed by atoms with Gasteiger partial charge in [0.1, 0.15) is 0 Å². The van der Waals surface area contributed by atoms with Crippen LogP contribution in [0.15, 0.2) is 47.4 Å². The maximum atomic E-state index is 12.7. The maximum Gasteiger partial charge on any atom is 0.269 e. The molecule has 0 N–H and O–H groups in total. The van der Waals surface area contributed by atoms with Gasteiger partial charge < -0.3 is 0 Å². The highest BCUT2D eigenvalue weighted by Gasteiger charge is 2.21. The number of hydrogen-bond donors (Lipinski definition) is 0. The molecule has 0 bridgehead atoms. The molecule has 1 unspecified atom stereocenters. The predicted octanol–water partition coefficient (Wildman–Crippen LogP) is 3.68. The van der Waals surface area contributed by atoms with Crippen molar-refractivity contribution in [1.29, 1.82) is 0 Å². The van der Waals surface area contributed by atoms with E-state index in [1.54, 1.807) is 19.1 Å². The van der Waals surface area contributed by atoms with Crippen LogP contribution in [0.25, 0.3) is 0 Å². The summed E-state index contributed by atoms with van der Waals surface area (Å²) in [5.74, 6) is -0.00688. The van der Waals surface area contributed by atoms with Crippen LogP contribution in [0, 0.1) is 24.0 Å². The van der Waals surface area contributed by atoms with Gasteiger partial charge in [0, 0.05) is 24.7 Å². The number of nitrogens with zero attached hydrogens (tertiary/aromatic N) is 2. The van der Waals surface area contributed by atoms with E-state index in [0.717, 1.165) is 16.7 Å². The molecule has 0 heterocycles. The van der Waals surface area contributed by atoms with Crippen molar-refractivity contribution in [3.63, 3.8) is 0 Å². The molecule has 2 aromatic carbocycles. The standard InChI is InChI=1S/C19H24N2O4S/c1-14-8-9-15(2)19(12-14)26(24,25)11-10-20(4)16(3)17-6-5-7-18(13-17)21(22)23/h5-9,12-13,16H,10-11H2,1-4H3. The molecule has 140 valence electrons. The van der Waals surface area contributed by atoms with E-state index in [9.17, 15) is 18.5 Å². The highest BCUT2D eigenvalue weighted by Crippen LogP contribution is 2.24. The Morgan fingerprint density at radius 3 is 2.50 bits per heavy atom. The number of nitro benzene ring substituents is 1. The monoisotopic (exact) mass is 376 g/mol. The van der Waals surface area contributed by atoms with Gasteiger partial charge in [-0.15, -0.1) is 0 Å². The van der Waals surface area contributed by atoms with Crippen molar-refractivity contribution in [1.82, 2.24) is 4.90 Å². The molecule has 0 saturated heterocycles. The van der Waals surface area contributed by atoms with Gasteiger partial charge in [0.15, 0.2) is 9.84 Å². The van der Waals surface area contributed by atoms with Crippen LogP contribution in [0.4, 0.5) is 5.69 Å². The number of sulfone groups is 1. The first kappa shape index (κ1) is 20.1. The van der Waals surface area contributed by atoms with Gasteiger partial charge in [-0.1, -0.05) is 24.3 Å². The zero-order valence-electron chi connectivity index (χ0n) is 15.5. The summed E-state index contributed by atoms with van der Waals surface area (Å²) in [6.45, 7) is 5.90. The molecule has 2 aromatic rings. The molecule has 0 amide bonds. The molecule has 2 rings (SSSR count). The first-order valence-corrected chi connectivity index (χ1v) is 10.0. The minimum Gasteiger partial charge on any atom is -0.299 e. The Morgan fingerprint density at radius 2 is 1.85 bits per heavy atom. The second kappa shape index (κ2) is 7.97. The fraction of sp³-hybridized carbons (Fsp3) is 0.368. The van der Waals surface area contributed by atoms with Gasteiger partial charge >= 0.3 is 0 Å². The number of non-ortho nitro benzene ring substituents is 1. The van der Waals surface area contributed by atoms with Crippen molar-refractivity contribution < 1.29 is 13.3 Å². The fourth-order valence-electron chi connectivity index (χ4n) is 2.76. The lowest BCUT2D eigenvalue weighted by atomic mass is 10.1. The third kappa shape index (κ3) is 4.68. The van der Waals surface area contributed by atoms with E-state index < -0.39 is 14.8 Å². The van der Waals surface area contributed by atoms with Crippen molar-refractivity contribution in [3.8, 4) is 0 Å². The Balaban J connectivity index is 2.12. The fourth-order valence-corrected chi connectivity index (χ4v) is 4.44. The molecule has 0 aliphatic carbocycles. The normalized spacial score (nSPS) is 13.0. The van der Waals surface area contributed by atoms with E-state index in [-0.39, 0.29) is 17.5 Å². The second-order valence-corrected chi connectivity index (χ2v) is 8.67. The third-order valence-corrected chi connectivity index (χ3v) is 6.45. The van der Waals surface area contributed by atoms with Crippen molar-refractivity contribution in [2.24, 2.45) is 0 Å². The minimum atomic E-state index is -3.40. The second-order valence-electron chi connectivity index (χ2n) is 6.60. The van der Waals surface area contributed by atoms with Crippen molar-refractivity contribution in [2.75, 3.05) is 19.3 Å². The molecule has 0 aliphatic rings. The van der Waals surface area contributed by atoms with Crippen LogP contribution in [0.1, 0.15) is 29.7 Å². The number of nitro groups is 1. The summed E-state index contributed by atoms with van der Waals surface area (Å²) in [4.78, 5) is 12.8. The lowest BCUT2D eigenvalue weighted by molar-refractivity contribution is -0.384. The SMILES string of the molecule is Cc1ccc(C)c(S(=O)(=O)CCN(C)C(C)c2cccc([N+](=O)[O-])c2)c1. The number of benzene rings is 2. The van der Waals surface area contributed by atoms with Crippen LogP contribution < -0.4 is 0 Å². The Hall–Kier alpha value is -2.25. The van der Waals surface area contributed by atoms with E-state index in [4.69, 9.17) is 0 Å². The van der Waals surface area contributed by atoms with Gasteiger partial charge in [0.25, 0.3) is 5.69 Å². The first-order chi connectivity index (χ1) is 12.1. The van der Waals surface area contributed by atoms with Gasteiger partial charge in [0.2, 0.25) is 0 Å². The summed E-state index contributed by atoms with van der Waals surface area (Å²) >= 11 is 0. The number of aryl methyl sites for hydroxylation is 2. The Kier molecular flexibility index (Phi) is 6.15. The van der Waals surface area contributed by atoms with Gasteiger partial charge in [-0.05, 0) is 50.6 Å². The summed E-state index contributed by atoms with van der Waals surface area (Å²) in [6.07, 6.45) is 0. The molecular formula is C19H24N2O4S. The minimum absolute atomic E-state index is 0.00688. The zero-order valence-corrected chi connectivity index (χ0v) is 16.3. The molecule has 0 spiro atoms. The molecule has 0 aliphatic heterocycles. The van der Waals surface area contributed by atoms with E-state index in [0.29, 0.717) is 11.4 Å². The van der Waals surface area contributed by atoms with Crippen LogP contribution in [0.2, 0.25) is 0 Å². The molecule has 7 heteroatoms. The average Bonchev–Trinajstić information content (AvgIpc) is 2.61. The molecule has 6 nitrogen and oxygen atoms in total. The smallest absolute Gasteiger partial charge is 0.269 e. The van der Waals surface area contributed by atoms with Crippen LogP contribution >= 0.6 is 0 Å². The van der Waals surface area contributed by atoms with Crippen LogP contribution in [0.3, 0.4) is 0 Å². The van der Waals surface area contributed by atoms with Crippen LogP contribution in [-0.4, -0.2) is 37.6 Å². The van der Waals surface area contributed by atoms with Gasteiger partial charge in [-0.3, -0.25) is 15.0 Å². The summed E-state index contributed by atoms with van der Waals surface area (Å²) in [6, 6.07) is 11.7. The Morgan fingerprint density at radius 1 is 1.15 bits per heavy atom. The lowest BCUT2D eigenvalue weighted by Crippen LogP contribution is -2.28. The highest BCUT2D eigenvalue weighted by atomic mass is 32.2. The zero-order chi connectivity index (χ0) is 19.5. The van der Waals surface area contributed by atoms with Crippen LogP contribution in [-0.2, 0) is 9.84 Å². The summed E-state index contributed by atoms with van der Waals surface area (Å²) < 4.78 is 25.4. The van der Waals surface area contributed by atoms with E-state index in [1.807, 2.05) is 44.0 Å². The Bertz CT molecular complexity index is 910. The van der Waals surface area contributed by atoms with Gasteiger partial charge in [0.05, 0.1) is 15.6 Å². The lowest BCUT2D eigenvalue weighted by Gasteiger charge is -2.25. The predicted molar refractivity (Wildman–Crippen MR) is 102 cm³/mol. The third-order valence-electron chi connectivity index (χ3n) is 4.62. The molecule has 1 atom stereocenters. The Labute approximate surface area is 154 Å². The molecule has 0 radical (unpaired) electrons. The topological polar surface area (TPSA) is 80.5 Å². The number of hydrogen-bond acceptors (Lipinski definition) is 5. The van der Waals surface area contributed by atoms with Gasteiger partial charge in [-0.25, -0.2) is 8.42 Å². The molecule has 0 aromatic heterocycles. The van der Waals surface area contributed by atoms with E-state index in [1.165, 1.54) is 12.1 Å². The van der Waals surface area contributed by atoms with Crippen LogP contribution in [0.5, 0.6) is 0 Å². The molecular weight excluding hydrogens is 352 g/mol. The van der Waals surface area contributed by atoms with Crippen molar-refractivity contribution in [3.05, 3.63) is 69.3 Å². The molecule has 26 heavy (non-hydrogen) atoms. The average molecular weight is 376 g/mol. The van der Waals surface area contributed by atoms with E-state index in [2.05, 4.69) is 0 Å².